The Hall–Kier alpha value is -2.55. The van der Waals surface area contributed by atoms with E-state index in [0.29, 0.717) is 6.61 Å². The van der Waals surface area contributed by atoms with Gasteiger partial charge >= 0.3 is 0 Å². The van der Waals surface area contributed by atoms with E-state index in [-0.39, 0.29) is 0 Å². The second-order valence-electron chi connectivity index (χ2n) is 5.97. The fourth-order valence-electron chi connectivity index (χ4n) is 3.08. The van der Waals surface area contributed by atoms with Crippen molar-refractivity contribution in [1.29, 1.82) is 0 Å². The molecule has 2 heterocycles. The normalized spacial score (nSPS) is 14.3. The fraction of sp³-hybridized carbons (Fsp3) is 0.250. The van der Waals surface area contributed by atoms with Crippen LogP contribution in [0, 0.1) is 0 Å². The molecule has 4 rings (SSSR count). The summed E-state index contributed by atoms with van der Waals surface area (Å²) >= 11 is 0. The lowest BCUT2D eigenvalue weighted by atomic mass is 10.2. The van der Waals surface area contributed by atoms with Gasteiger partial charge in [0.2, 0.25) is 0 Å². The standard InChI is InChI=1S/C20H20N2O/c1-2-7-16(8-3-1)15-23-18-10-6-9-17-11-12-19(21-20(17)18)22-13-4-5-14-22/h1-3,6-12H,4-5,13-15H2. The maximum atomic E-state index is 6.04. The fourth-order valence-corrected chi connectivity index (χ4v) is 3.08. The third-order valence-corrected chi connectivity index (χ3v) is 4.34. The minimum absolute atomic E-state index is 0.565. The molecule has 3 aromatic rings. The predicted octanol–water partition coefficient (Wildman–Crippen LogP) is 4.41. The Bertz CT molecular complexity index is 795. The zero-order chi connectivity index (χ0) is 15.5. The molecule has 1 fully saturated rings. The molecule has 0 spiro atoms. The number of fused-ring (bicyclic) bond motifs is 1. The molecule has 2 aromatic carbocycles. The van der Waals surface area contributed by atoms with Crippen molar-refractivity contribution >= 4 is 16.7 Å². The van der Waals surface area contributed by atoms with Gasteiger partial charge in [-0.15, -0.1) is 0 Å². The van der Waals surface area contributed by atoms with Gasteiger partial charge in [0.1, 0.15) is 23.7 Å². The highest BCUT2D eigenvalue weighted by molar-refractivity contribution is 5.86. The molecule has 1 saturated heterocycles. The number of rotatable bonds is 4. The second kappa shape index (κ2) is 6.29. The predicted molar refractivity (Wildman–Crippen MR) is 94.0 cm³/mol. The third-order valence-electron chi connectivity index (χ3n) is 4.34. The molecule has 1 aliphatic heterocycles. The molecular weight excluding hydrogens is 284 g/mol. The molecule has 0 radical (unpaired) electrons. The topological polar surface area (TPSA) is 25.4 Å². The maximum Gasteiger partial charge on any atom is 0.146 e. The van der Waals surface area contributed by atoms with Gasteiger partial charge in [-0.05, 0) is 36.6 Å². The number of pyridine rings is 1. The lowest BCUT2D eigenvalue weighted by molar-refractivity contribution is 0.309. The first-order valence-electron chi connectivity index (χ1n) is 8.22. The summed E-state index contributed by atoms with van der Waals surface area (Å²) in [6.07, 6.45) is 2.51. The number of hydrogen-bond donors (Lipinski definition) is 0. The Balaban J connectivity index is 1.64. The molecule has 0 amide bonds. The van der Waals surface area contributed by atoms with Crippen LogP contribution in [0.2, 0.25) is 0 Å². The van der Waals surface area contributed by atoms with E-state index in [1.807, 2.05) is 30.3 Å². The molecule has 0 aliphatic carbocycles. The summed E-state index contributed by atoms with van der Waals surface area (Å²) in [7, 11) is 0. The van der Waals surface area contributed by atoms with E-state index >= 15 is 0 Å². The van der Waals surface area contributed by atoms with E-state index in [2.05, 4.69) is 35.2 Å². The summed E-state index contributed by atoms with van der Waals surface area (Å²) in [6.45, 7) is 2.77. The van der Waals surface area contributed by atoms with E-state index in [9.17, 15) is 0 Å². The molecule has 3 heteroatoms. The highest BCUT2D eigenvalue weighted by Crippen LogP contribution is 2.28. The number of anilines is 1. The van der Waals surface area contributed by atoms with E-state index in [0.717, 1.165) is 35.6 Å². The van der Waals surface area contributed by atoms with Crippen LogP contribution < -0.4 is 9.64 Å². The van der Waals surface area contributed by atoms with E-state index < -0.39 is 0 Å². The SMILES string of the molecule is c1ccc(COc2cccc3ccc(N4CCCC4)nc23)cc1. The number of nitrogens with zero attached hydrogens (tertiary/aromatic N) is 2. The monoisotopic (exact) mass is 304 g/mol. The first-order valence-corrected chi connectivity index (χ1v) is 8.22. The zero-order valence-corrected chi connectivity index (χ0v) is 13.1. The molecule has 3 nitrogen and oxygen atoms in total. The van der Waals surface area contributed by atoms with Gasteiger partial charge in [-0.1, -0.05) is 42.5 Å². The first-order chi connectivity index (χ1) is 11.4. The maximum absolute atomic E-state index is 6.04. The largest absolute Gasteiger partial charge is 0.487 e. The molecule has 0 bridgehead atoms. The minimum atomic E-state index is 0.565. The van der Waals surface area contributed by atoms with Gasteiger partial charge in [0.05, 0.1) is 0 Å². The lowest BCUT2D eigenvalue weighted by Crippen LogP contribution is -2.18. The van der Waals surface area contributed by atoms with Crippen molar-refractivity contribution in [3.8, 4) is 5.75 Å². The molecule has 0 N–H and O–H groups in total. The van der Waals surface area contributed by atoms with Crippen molar-refractivity contribution in [2.24, 2.45) is 0 Å². The number of para-hydroxylation sites is 1. The summed E-state index contributed by atoms with van der Waals surface area (Å²) in [5.74, 6) is 1.91. The third kappa shape index (κ3) is 3.00. The van der Waals surface area contributed by atoms with Gasteiger partial charge in [0.15, 0.2) is 0 Å². The van der Waals surface area contributed by atoms with Crippen molar-refractivity contribution in [2.45, 2.75) is 19.4 Å². The van der Waals surface area contributed by atoms with Crippen LogP contribution in [0.3, 0.4) is 0 Å². The summed E-state index contributed by atoms with van der Waals surface area (Å²) in [6, 6.07) is 20.6. The summed E-state index contributed by atoms with van der Waals surface area (Å²) < 4.78 is 6.04. The number of benzene rings is 2. The van der Waals surface area contributed by atoms with Crippen molar-refractivity contribution in [3.63, 3.8) is 0 Å². The average molecular weight is 304 g/mol. The summed E-state index contributed by atoms with van der Waals surface area (Å²) in [4.78, 5) is 7.22. The average Bonchev–Trinajstić information content (AvgIpc) is 3.15. The van der Waals surface area contributed by atoms with Crippen LogP contribution in [0.5, 0.6) is 5.75 Å². The van der Waals surface area contributed by atoms with Gasteiger partial charge in [-0.2, -0.15) is 0 Å². The van der Waals surface area contributed by atoms with Gasteiger partial charge in [0.25, 0.3) is 0 Å². The Labute approximate surface area is 136 Å². The van der Waals surface area contributed by atoms with E-state index in [1.54, 1.807) is 0 Å². The first kappa shape index (κ1) is 14.1. The van der Waals surface area contributed by atoms with Crippen molar-refractivity contribution in [3.05, 3.63) is 66.2 Å². The molecular formula is C20H20N2O. The molecule has 0 saturated carbocycles. The van der Waals surface area contributed by atoms with Gasteiger partial charge < -0.3 is 9.64 Å². The Kier molecular flexibility index (Phi) is 3.85. The van der Waals surface area contributed by atoms with Gasteiger partial charge in [-0.25, -0.2) is 4.98 Å². The van der Waals surface area contributed by atoms with E-state index in [1.165, 1.54) is 18.4 Å². The summed E-state index contributed by atoms with van der Waals surface area (Å²) in [5, 5.41) is 1.12. The quantitative estimate of drug-likeness (QED) is 0.713. The Morgan fingerprint density at radius 2 is 1.70 bits per heavy atom. The minimum Gasteiger partial charge on any atom is -0.487 e. The lowest BCUT2D eigenvalue weighted by Gasteiger charge is -2.17. The number of hydrogen-bond acceptors (Lipinski definition) is 3. The van der Waals surface area contributed by atoms with Crippen LogP contribution in [-0.4, -0.2) is 18.1 Å². The number of ether oxygens (including phenoxy) is 1. The number of aromatic nitrogens is 1. The van der Waals surface area contributed by atoms with Crippen molar-refractivity contribution in [1.82, 2.24) is 4.98 Å². The molecule has 23 heavy (non-hydrogen) atoms. The highest BCUT2D eigenvalue weighted by atomic mass is 16.5. The van der Waals surface area contributed by atoms with Crippen LogP contribution in [-0.2, 0) is 6.61 Å². The Morgan fingerprint density at radius 3 is 2.52 bits per heavy atom. The van der Waals surface area contributed by atoms with Gasteiger partial charge in [0, 0.05) is 18.5 Å². The smallest absolute Gasteiger partial charge is 0.146 e. The zero-order valence-electron chi connectivity index (χ0n) is 13.1. The second-order valence-corrected chi connectivity index (χ2v) is 5.97. The molecule has 116 valence electrons. The molecule has 0 unspecified atom stereocenters. The van der Waals surface area contributed by atoms with Gasteiger partial charge in [-0.3, -0.25) is 0 Å². The molecule has 1 aliphatic rings. The van der Waals surface area contributed by atoms with Crippen LogP contribution in [0.25, 0.3) is 10.9 Å². The van der Waals surface area contributed by atoms with E-state index in [4.69, 9.17) is 9.72 Å². The molecule has 0 atom stereocenters. The van der Waals surface area contributed by atoms with Crippen LogP contribution in [0.4, 0.5) is 5.82 Å². The summed E-state index contributed by atoms with van der Waals surface area (Å²) in [5.41, 5.74) is 2.12. The van der Waals surface area contributed by atoms with Crippen LogP contribution in [0.1, 0.15) is 18.4 Å². The molecule has 1 aromatic heterocycles. The van der Waals surface area contributed by atoms with Crippen molar-refractivity contribution < 1.29 is 4.74 Å². The Morgan fingerprint density at radius 1 is 0.870 bits per heavy atom. The highest BCUT2D eigenvalue weighted by Gasteiger charge is 2.14. The van der Waals surface area contributed by atoms with Crippen molar-refractivity contribution in [2.75, 3.05) is 18.0 Å². The van der Waals surface area contributed by atoms with Crippen LogP contribution >= 0.6 is 0 Å². The van der Waals surface area contributed by atoms with Crippen LogP contribution in [0.15, 0.2) is 60.7 Å².